The average molecular weight is 255 g/mol. The fourth-order valence-electron chi connectivity index (χ4n) is 3.09. The maximum atomic E-state index is 6.10. The van der Waals surface area contributed by atoms with E-state index in [2.05, 4.69) is 30.7 Å². The predicted octanol–water partition coefficient (Wildman–Crippen LogP) is 2.31. The van der Waals surface area contributed by atoms with Crippen LogP contribution < -0.4 is 5.73 Å². The van der Waals surface area contributed by atoms with Crippen molar-refractivity contribution in [3.05, 3.63) is 0 Å². The van der Waals surface area contributed by atoms with Crippen LogP contribution in [0.3, 0.4) is 0 Å². The summed E-state index contributed by atoms with van der Waals surface area (Å²) >= 11 is 0. The van der Waals surface area contributed by atoms with Crippen molar-refractivity contribution in [3.8, 4) is 0 Å². The summed E-state index contributed by atoms with van der Waals surface area (Å²) in [6.07, 6.45) is 7.70. The third kappa shape index (κ3) is 4.22. The van der Waals surface area contributed by atoms with Crippen molar-refractivity contribution >= 4 is 0 Å². The minimum absolute atomic E-state index is 0.276. The van der Waals surface area contributed by atoms with Crippen LogP contribution in [0.25, 0.3) is 0 Å². The highest BCUT2D eigenvalue weighted by atomic mass is 15.2. The van der Waals surface area contributed by atoms with Crippen LogP contribution in [0.4, 0.5) is 0 Å². The quantitative estimate of drug-likeness (QED) is 0.676. The van der Waals surface area contributed by atoms with E-state index in [1.54, 1.807) is 0 Å². The first-order valence-corrected chi connectivity index (χ1v) is 7.82. The second kappa shape index (κ2) is 8.13. The Morgan fingerprint density at radius 1 is 1.11 bits per heavy atom. The molecule has 0 spiro atoms. The third-order valence-corrected chi connectivity index (χ3v) is 4.61. The number of nitrogens with two attached hydrogens (primary N) is 1. The second-order valence-electron chi connectivity index (χ2n) is 5.90. The van der Waals surface area contributed by atoms with Crippen molar-refractivity contribution in [3.63, 3.8) is 0 Å². The number of rotatable bonds is 8. The Hall–Kier alpha value is -0.120. The van der Waals surface area contributed by atoms with E-state index in [0.29, 0.717) is 0 Å². The average Bonchev–Trinajstić information content (AvgIpc) is 2.40. The zero-order valence-corrected chi connectivity index (χ0v) is 12.7. The van der Waals surface area contributed by atoms with Gasteiger partial charge in [-0.15, -0.1) is 0 Å². The van der Waals surface area contributed by atoms with Crippen LogP contribution in [-0.4, -0.2) is 55.1 Å². The van der Waals surface area contributed by atoms with Crippen LogP contribution in [-0.2, 0) is 0 Å². The highest BCUT2D eigenvalue weighted by molar-refractivity contribution is 4.95. The SMILES string of the molecule is CCCCCN(C)C1(CN)CCN(CCC)CC1. The van der Waals surface area contributed by atoms with Crippen molar-refractivity contribution in [2.75, 3.05) is 39.8 Å². The summed E-state index contributed by atoms with van der Waals surface area (Å²) in [4.78, 5) is 5.14. The van der Waals surface area contributed by atoms with Crippen molar-refractivity contribution < 1.29 is 0 Å². The Bertz CT molecular complexity index is 210. The van der Waals surface area contributed by atoms with E-state index in [4.69, 9.17) is 5.73 Å². The minimum atomic E-state index is 0.276. The molecule has 3 heteroatoms. The molecule has 0 radical (unpaired) electrons. The largest absolute Gasteiger partial charge is 0.329 e. The van der Waals surface area contributed by atoms with E-state index in [1.165, 1.54) is 64.7 Å². The Morgan fingerprint density at radius 3 is 2.28 bits per heavy atom. The smallest absolute Gasteiger partial charge is 0.0353 e. The summed E-state index contributed by atoms with van der Waals surface area (Å²) in [5.74, 6) is 0. The van der Waals surface area contributed by atoms with Gasteiger partial charge in [-0.2, -0.15) is 0 Å². The molecule has 1 fully saturated rings. The van der Waals surface area contributed by atoms with Gasteiger partial charge in [0, 0.05) is 12.1 Å². The summed E-state index contributed by atoms with van der Waals surface area (Å²) in [5.41, 5.74) is 6.38. The van der Waals surface area contributed by atoms with Crippen LogP contribution in [0.2, 0.25) is 0 Å². The van der Waals surface area contributed by atoms with Gasteiger partial charge < -0.3 is 10.6 Å². The Balaban J connectivity index is 2.43. The lowest BCUT2D eigenvalue weighted by molar-refractivity contribution is 0.0443. The minimum Gasteiger partial charge on any atom is -0.329 e. The molecule has 0 atom stereocenters. The molecule has 108 valence electrons. The molecule has 3 nitrogen and oxygen atoms in total. The number of likely N-dealkylation sites (N-methyl/N-ethyl adjacent to an activating group) is 1. The van der Waals surface area contributed by atoms with Crippen LogP contribution >= 0.6 is 0 Å². The third-order valence-electron chi connectivity index (χ3n) is 4.61. The zero-order chi connectivity index (χ0) is 13.4. The van der Waals surface area contributed by atoms with Crippen LogP contribution in [0, 0.1) is 0 Å². The van der Waals surface area contributed by atoms with Gasteiger partial charge in [0.15, 0.2) is 0 Å². The number of likely N-dealkylation sites (tertiary alicyclic amines) is 1. The summed E-state index contributed by atoms with van der Waals surface area (Å²) in [6.45, 7) is 10.3. The van der Waals surface area contributed by atoms with Gasteiger partial charge in [-0.1, -0.05) is 26.7 Å². The van der Waals surface area contributed by atoms with Crippen LogP contribution in [0.5, 0.6) is 0 Å². The van der Waals surface area contributed by atoms with Crippen molar-refractivity contribution in [1.29, 1.82) is 0 Å². The van der Waals surface area contributed by atoms with E-state index in [0.717, 1.165) is 6.54 Å². The van der Waals surface area contributed by atoms with Gasteiger partial charge in [0.05, 0.1) is 0 Å². The summed E-state index contributed by atoms with van der Waals surface area (Å²) in [6, 6.07) is 0. The fraction of sp³-hybridized carbons (Fsp3) is 1.00. The first kappa shape index (κ1) is 15.9. The molecule has 1 saturated heterocycles. The summed E-state index contributed by atoms with van der Waals surface area (Å²) < 4.78 is 0. The molecule has 1 rings (SSSR count). The molecule has 0 aromatic rings. The van der Waals surface area contributed by atoms with Crippen molar-refractivity contribution in [2.24, 2.45) is 5.73 Å². The first-order valence-electron chi connectivity index (χ1n) is 7.82. The highest BCUT2D eigenvalue weighted by Gasteiger charge is 2.36. The van der Waals surface area contributed by atoms with Gasteiger partial charge in [0.25, 0.3) is 0 Å². The predicted molar refractivity (Wildman–Crippen MR) is 79.9 cm³/mol. The topological polar surface area (TPSA) is 32.5 Å². The molecule has 18 heavy (non-hydrogen) atoms. The van der Waals surface area contributed by atoms with Gasteiger partial charge >= 0.3 is 0 Å². The van der Waals surface area contributed by atoms with Gasteiger partial charge in [0.1, 0.15) is 0 Å². The number of nitrogens with zero attached hydrogens (tertiary/aromatic N) is 2. The molecule has 2 N–H and O–H groups in total. The fourth-order valence-corrected chi connectivity index (χ4v) is 3.09. The molecule has 0 unspecified atom stereocenters. The molecule has 1 aliphatic heterocycles. The van der Waals surface area contributed by atoms with Crippen molar-refractivity contribution in [2.45, 2.75) is 57.9 Å². The molecular formula is C15H33N3. The van der Waals surface area contributed by atoms with Crippen LogP contribution in [0.1, 0.15) is 52.4 Å². The van der Waals surface area contributed by atoms with Crippen LogP contribution in [0.15, 0.2) is 0 Å². The molecule has 0 saturated carbocycles. The number of piperidine rings is 1. The molecule has 0 aromatic carbocycles. The molecule has 0 aliphatic carbocycles. The van der Waals surface area contributed by atoms with Crippen molar-refractivity contribution in [1.82, 2.24) is 9.80 Å². The van der Waals surface area contributed by atoms with Gasteiger partial charge in [-0.3, -0.25) is 4.90 Å². The lowest BCUT2D eigenvalue weighted by Crippen LogP contribution is -2.58. The Morgan fingerprint density at radius 2 is 1.78 bits per heavy atom. The highest BCUT2D eigenvalue weighted by Crippen LogP contribution is 2.27. The second-order valence-corrected chi connectivity index (χ2v) is 5.90. The van der Waals surface area contributed by atoms with E-state index >= 15 is 0 Å². The summed E-state index contributed by atoms with van der Waals surface area (Å²) in [7, 11) is 2.28. The monoisotopic (exact) mass is 255 g/mol. The van der Waals surface area contributed by atoms with Gasteiger partial charge in [-0.05, 0) is 58.9 Å². The molecular weight excluding hydrogens is 222 g/mol. The molecule has 0 aromatic heterocycles. The number of hydrogen-bond donors (Lipinski definition) is 1. The normalized spacial score (nSPS) is 20.5. The van der Waals surface area contributed by atoms with Gasteiger partial charge in [-0.25, -0.2) is 0 Å². The van der Waals surface area contributed by atoms with Gasteiger partial charge in [0.2, 0.25) is 0 Å². The van der Waals surface area contributed by atoms with E-state index in [1.807, 2.05) is 0 Å². The Labute approximate surface area is 114 Å². The molecule has 1 heterocycles. The summed E-state index contributed by atoms with van der Waals surface area (Å²) in [5, 5.41) is 0. The standard InChI is InChI=1S/C15H33N3/c1-4-6-7-11-17(3)15(14-16)8-12-18(10-5-2)13-9-15/h4-14,16H2,1-3H3. The zero-order valence-electron chi connectivity index (χ0n) is 12.7. The molecule has 1 aliphatic rings. The maximum Gasteiger partial charge on any atom is 0.0353 e. The first-order chi connectivity index (χ1) is 8.68. The van der Waals surface area contributed by atoms with E-state index in [9.17, 15) is 0 Å². The van der Waals surface area contributed by atoms with E-state index < -0.39 is 0 Å². The number of hydrogen-bond acceptors (Lipinski definition) is 3. The maximum absolute atomic E-state index is 6.10. The lowest BCUT2D eigenvalue weighted by atomic mass is 9.85. The van der Waals surface area contributed by atoms with E-state index in [-0.39, 0.29) is 5.54 Å². The molecule has 0 bridgehead atoms. The Kier molecular flexibility index (Phi) is 7.20. The number of unbranched alkanes of at least 4 members (excludes halogenated alkanes) is 2. The molecule has 0 amide bonds. The lowest BCUT2D eigenvalue weighted by Gasteiger charge is -2.47.